The number of aryl methyl sites for hydroxylation is 2. The second kappa shape index (κ2) is 8.51. The van der Waals surface area contributed by atoms with Crippen LogP contribution in [0, 0.1) is 6.92 Å². The number of benzene rings is 1. The van der Waals surface area contributed by atoms with Crippen molar-refractivity contribution in [1.29, 1.82) is 0 Å². The van der Waals surface area contributed by atoms with E-state index >= 15 is 0 Å². The number of alkyl halides is 2. The molecule has 1 aromatic carbocycles. The van der Waals surface area contributed by atoms with Crippen LogP contribution in [0.15, 0.2) is 23.2 Å². The molecule has 0 radical (unpaired) electrons. The number of hydrogen-bond donors (Lipinski definition) is 2. The Morgan fingerprint density at radius 3 is 3.04 bits per heavy atom. The molecule has 146 valence electrons. The number of ether oxygens (including phenoxy) is 1. The van der Waals surface area contributed by atoms with Gasteiger partial charge in [-0.3, -0.25) is 4.99 Å². The molecule has 1 atom stereocenters. The second-order valence-corrected chi connectivity index (χ2v) is 6.57. The van der Waals surface area contributed by atoms with E-state index in [2.05, 4.69) is 30.4 Å². The highest BCUT2D eigenvalue weighted by molar-refractivity contribution is 6.30. The number of hydrogen-bond acceptors (Lipinski definition) is 4. The van der Waals surface area contributed by atoms with Gasteiger partial charge in [-0.2, -0.15) is 13.9 Å². The highest BCUT2D eigenvalue weighted by Gasteiger charge is 2.24. The maximum absolute atomic E-state index is 12.6. The quantitative estimate of drug-likeness (QED) is 0.598. The zero-order chi connectivity index (χ0) is 19.4. The van der Waals surface area contributed by atoms with Gasteiger partial charge in [0.1, 0.15) is 17.4 Å². The number of aromatic nitrogens is 3. The van der Waals surface area contributed by atoms with Crippen LogP contribution in [0.2, 0.25) is 5.02 Å². The van der Waals surface area contributed by atoms with E-state index in [1.54, 1.807) is 13.1 Å². The predicted octanol–water partition coefficient (Wildman–Crippen LogP) is 3.04. The van der Waals surface area contributed by atoms with Crippen LogP contribution in [0.4, 0.5) is 8.78 Å². The summed E-state index contributed by atoms with van der Waals surface area (Å²) in [4.78, 5) is 8.69. The molecule has 1 aromatic heterocycles. The Kier molecular flexibility index (Phi) is 6.10. The van der Waals surface area contributed by atoms with Crippen molar-refractivity contribution in [2.75, 3.05) is 7.05 Å². The zero-order valence-electron chi connectivity index (χ0n) is 15.0. The van der Waals surface area contributed by atoms with Crippen LogP contribution < -0.4 is 15.4 Å². The van der Waals surface area contributed by atoms with Crippen LogP contribution in [-0.2, 0) is 13.1 Å². The Labute approximate surface area is 160 Å². The number of nitrogens with zero attached hydrogens (tertiary/aromatic N) is 4. The molecule has 2 N–H and O–H groups in total. The minimum atomic E-state index is -2.90. The maximum atomic E-state index is 12.6. The van der Waals surface area contributed by atoms with Gasteiger partial charge >= 0.3 is 6.61 Å². The highest BCUT2D eigenvalue weighted by atomic mass is 35.5. The molecule has 2 heterocycles. The van der Waals surface area contributed by atoms with E-state index in [0.29, 0.717) is 16.5 Å². The van der Waals surface area contributed by atoms with E-state index in [0.717, 1.165) is 31.0 Å². The molecule has 0 spiro atoms. The molecule has 0 amide bonds. The molecule has 2 aromatic rings. The Hall–Kier alpha value is -2.42. The van der Waals surface area contributed by atoms with Crippen LogP contribution in [0.5, 0.6) is 5.75 Å². The van der Waals surface area contributed by atoms with Crippen LogP contribution in [-0.4, -0.2) is 34.4 Å². The van der Waals surface area contributed by atoms with Gasteiger partial charge in [0.15, 0.2) is 5.96 Å². The Morgan fingerprint density at radius 1 is 1.48 bits per heavy atom. The van der Waals surface area contributed by atoms with Crippen molar-refractivity contribution in [1.82, 2.24) is 25.4 Å². The second-order valence-electron chi connectivity index (χ2n) is 6.14. The van der Waals surface area contributed by atoms with Crippen molar-refractivity contribution in [3.63, 3.8) is 0 Å². The van der Waals surface area contributed by atoms with Gasteiger partial charge in [-0.05, 0) is 38.0 Å². The van der Waals surface area contributed by atoms with Gasteiger partial charge in [0.05, 0.1) is 6.04 Å². The molecule has 3 rings (SSSR count). The van der Waals surface area contributed by atoms with Crippen molar-refractivity contribution in [2.24, 2.45) is 4.99 Å². The minimum Gasteiger partial charge on any atom is -0.434 e. The third-order valence-electron chi connectivity index (χ3n) is 4.20. The number of halogens is 3. The highest BCUT2D eigenvalue weighted by Crippen LogP contribution is 2.25. The van der Waals surface area contributed by atoms with Crippen LogP contribution in [0.1, 0.15) is 36.1 Å². The topological polar surface area (TPSA) is 76.4 Å². The van der Waals surface area contributed by atoms with Gasteiger partial charge < -0.3 is 15.4 Å². The Bertz CT molecular complexity index is 826. The summed E-state index contributed by atoms with van der Waals surface area (Å²) in [7, 11) is 1.64. The summed E-state index contributed by atoms with van der Waals surface area (Å²) >= 11 is 5.98. The third-order valence-corrected chi connectivity index (χ3v) is 4.44. The molecule has 0 bridgehead atoms. The smallest absolute Gasteiger partial charge is 0.387 e. The van der Waals surface area contributed by atoms with Crippen molar-refractivity contribution in [3.05, 3.63) is 40.4 Å². The van der Waals surface area contributed by atoms with Crippen molar-refractivity contribution in [2.45, 2.75) is 45.5 Å². The summed E-state index contributed by atoms with van der Waals surface area (Å²) in [6.45, 7) is 0.0241. The fourth-order valence-corrected chi connectivity index (χ4v) is 3.24. The largest absolute Gasteiger partial charge is 0.434 e. The van der Waals surface area contributed by atoms with Gasteiger partial charge in [-0.15, -0.1) is 0 Å². The molecule has 7 nitrogen and oxygen atoms in total. The van der Waals surface area contributed by atoms with Gasteiger partial charge in [0.25, 0.3) is 0 Å². The van der Waals surface area contributed by atoms with E-state index in [1.807, 2.05) is 11.6 Å². The number of rotatable bonds is 5. The number of nitrogens with one attached hydrogen (secondary N) is 2. The van der Waals surface area contributed by atoms with Crippen molar-refractivity contribution in [3.8, 4) is 5.75 Å². The molecule has 0 saturated carbocycles. The molecule has 0 fully saturated rings. The minimum absolute atomic E-state index is 0.0257. The Morgan fingerprint density at radius 2 is 2.30 bits per heavy atom. The number of aliphatic imine (C=N–C) groups is 1. The summed E-state index contributed by atoms with van der Waals surface area (Å²) in [5.41, 5.74) is 0.508. The first-order chi connectivity index (χ1) is 13.0. The molecule has 1 aliphatic heterocycles. The lowest BCUT2D eigenvalue weighted by Crippen LogP contribution is -2.41. The predicted molar refractivity (Wildman–Crippen MR) is 98.2 cm³/mol. The van der Waals surface area contributed by atoms with Gasteiger partial charge in [0.2, 0.25) is 0 Å². The molecular formula is C17H21ClF2N6O. The first-order valence-corrected chi connectivity index (χ1v) is 8.96. The molecule has 1 aliphatic rings. The normalized spacial score (nSPS) is 17.0. The van der Waals surface area contributed by atoms with E-state index in [-0.39, 0.29) is 18.3 Å². The maximum Gasteiger partial charge on any atom is 0.387 e. The van der Waals surface area contributed by atoms with Gasteiger partial charge in [0, 0.05) is 30.7 Å². The van der Waals surface area contributed by atoms with Crippen molar-refractivity contribution >= 4 is 17.6 Å². The van der Waals surface area contributed by atoms with E-state index in [4.69, 9.17) is 11.6 Å². The summed E-state index contributed by atoms with van der Waals surface area (Å²) in [5, 5.41) is 11.2. The summed E-state index contributed by atoms with van der Waals surface area (Å²) in [6.07, 6.45) is 1.88. The lowest BCUT2D eigenvalue weighted by Gasteiger charge is -2.25. The van der Waals surface area contributed by atoms with E-state index in [9.17, 15) is 8.78 Å². The van der Waals surface area contributed by atoms with E-state index < -0.39 is 6.61 Å². The van der Waals surface area contributed by atoms with Crippen LogP contribution in [0.3, 0.4) is 0 Å². The SMILES string of the molecule is CN=C(NCc1cc(Cl)ccc1OC(F)F)NC1CCCn2nc(C)nc21. The fraction of sp³-hybridized carbons (Fsp3) is 0.471. The molecule has 0 saturated heterocycles. The zero-order valence-corrected chi connectivity index (χ0v) is 15.8. The summed E-state index contributed by atoms with van der Waals surface area (Å²) in [6, 6.07) is 4.49. The molecule has 0 aliphatic carbocycles. The third kappa shape index (κ3) is 4.85. The monoisotopic (exact) mass is 398 g/mol. The van der Waals surface area contributed by atoms with Gasteiger partial charge in [-0.25, -0.2) is 9.67 Å². The van der Waals surface area contributed by atoms with Crippen LogP contribution >= 0.6 is 11.6 Å². The lowest BCUT2D eigenvalue weighted by molar-refractivity contribution is -0.0504. The lowest BCUT2D eigenvalue weighted by atomic mass is 10.1. The van der Waals surface area contributed by atoms with Crippen LogP contribution in [0.25, 0.3) is 0 Å². The molecule has 1 unspecified atom stereocenters. The Balaban J connectivity index is 1.68. The average Bonchev–Trinajstić information content (AvgIpc) is 3.01. The summed E-state index contributed by atoms with van der Waals surface area (Å²) in [5.74, 6) is 2.20. The van der Waals surface area contributed by atoms with Gasteiger partial charge in [-0.1, -0.05) is 11.6 Å². The first-order valence-electron chi connectivity index (χ1n) is 8.58. The standard InChI is InChI=1S/C17H21ClF2N6O/c1-10-23-15-13(4-3-7-26(15)25-10)24-17(21-2)22-9-11-8-12(18)5-6-14(11)27-16(19)20/h5-6,8,13,16H,3-4,7,9H2,1-2H3,(H2,21,22,24). The first kappa shape index (κ1) is 19.3. The molecule has 27 heavy (non-hydrogen) atoms. The molecule has 10 heteroatoms. The number of guanidine groups is 1. The summed E-state index contributed by atoms with van der Waals surface area (Å²) < 4.78 is 31.6. The average molecular weight is 399 g/mol. The van der Waals surface area contributed by atoms with Crippen molar-refractivity contribution < 1.29 is 13.5 Å². The van der Waals surface area contributed by atoms with E-state index in [1.165, 1.54) is 12.1 Å². The number of fused-ring (bicyclic) bond motifs is 1. The fourth-order valence-electron chi connectivity index (χ4n) is 3.04. The molecular weight excluding hydrogens is 378 g/mol.